The average molecular weight is 1410 g/mol. The van der Waals surface area contributed by atoms with Crippen LogP contribution in [0.25, 0.3) is 109 Å². The highest BCUT2D eigenvalue weighted by Gasteiger charge is 2.53. The van der Waals surface area contributed by atoms with E-state index >= 15 is 0 Å². The van der Waals surface area contributed by atoms with Crippen LogP contribution in [0.15, 0.2) is 339 Å². The minimum absolute atomic E-state index is 0.0668. The molecule has 0 atom stereocenters. The molecule has 6 aromatic heterocycles. The molecule has 12 heteroatoms. The van der Waals surface area contributed by atoms with Gasteiger partial charge < -0.3 is 18.9 Å². The van der Waals surface area contributed by atoms with Crippen molar-refractivity contribution in [3.8, 4) is 121 Å². The van der Waals surface area contributed by atoms with E-state index in [0.717, 1.165) is 118 Å². The predicted molar refractivity (Wildman–Crippen MR) is 433 cm³/mol. The summed E-state index contributed by atoms with van der Waals surface area (Å²) in [7, 11) is 0. The van der Waals surface area contributed by atoms with Crippen LogP contribution in [-0.2, 0) is 5.41 Å². The number of thiophene rings is 4. The smallest absolute Gasteiger partial charge is 0.131 e. The van der Waals surface area contributed by atoms with Crippen molar-refractivity contribution < 1.29 is 0 Å². The largest absolute Gasteiger partial charge is 0.310 e. The number of hydrogen-bond acceptors (Lipinski definition) is 10. The summed E-state index contributed by atoms with van der Waals surface area (Å²) in [6, 6.07) is 126. The van der Waals surface area contributed by atoms with Crippen molar-refractivity contribution in [3.05, 3.63) is 371 Å². The molecule has 0 radical (unpaired) electrons. The standard InChI is InChI=1S/C93H56N8S4/c94-57-61(58-95)51-73-35-45-89(102-73)83-41-43-85(100(83)69-27-15-5-16-28-69)91-49-47-87(104-91)63-31-37-75-76-38-32-64(88-48-50-92(105-88)86-44-42-84(101(86)70-29-17-6-18-30-70)90-46-36-74(103-90)52-62(59-96)60-97)54-80(76)93(79(75)53-63)81-55-71(98(65-19-7-1-8-20-65)66-21-9-2-10-22-66)33-39-77(81)78-40-34-72(56-82(78)93)99(67-23-11-3-12-24-67)68-25-13-4-14-26-68/h1-56H. The first-order chi connectivity index (χ1) is 51.8. The Morgan fingerprint density at radius 3 is 0.895 bits per heavy atom. The van der Waals surface area contributed by atoms with Gasteiger partial charge in [0.15, 0.2) is 0 Å². The van der Waals surface area contributed by atoms with Crippen molar-refractivity contribution in [3.63, 3.8) is 0 Å². The molecule has 0 saturated carbocycles. The lowest BCUT2D eigenvalue weighted by atomic mass is 9.70. The lowest BCUT2D eigenvalue weighted by Gasteiger charge is -2.33. The SMILES string of the molecule is N#CC(C#N)=Cc1ccc(-c2ccc(-c3ccc(-c4ccc5c(c4)C4(c6cc(-c7ccc(-c8ccc(-c9ccc(C=C(C#N)C#N)s9)n8-c8ccccc8)s7)ccc6-5)c5cc(N(c6ccccc6)c6ccccc6)ccc5-c5ccc(N(c6ccccc6)c6ccccc6)cc54)s3)n2-c2ccccc2)s1. The molecular weight excluding hydrogens is 1360 g/mol. The van der Waals surface area contributed by atoms with Gasteiger partial charge in [-0.2, -0.15) is 21.0 Å². The Hall–Kier alpha value is -13.4. The Balaban J connectivity index is 0.848. The third kappa shape index (κ3) is 11.1. The van der Waals surface area contributed by atoms with Crippen molar-refractivity contribution in [1.82, 2.24) is 9.13 Å². The number of benzene rings is 10. The highest BCUT2D eigenvalue weighted by Crippen LogP contribution is 2.65. The highest BCUT2D eigenvalue weighted by atomic mass is 32.1. The molecule has 1 spiro atoms. The Morgan fingerprint density at radius 2 is 0.562 bits per heavy atom. The molecule has 18 rings (SSSR count). The van der Waals surface area contributed by atoms with Gasteiger partial charge in [0.25, 0.3) is 0 Å². The number of hydrogen-bond donors (Lipinski definition) is 0. The van der Waals surface area contributed by atoms with Crippen molar-refractivity contribution in [2.45, 2.75) is 5.41 Å². The van der Waals surface area contributed by atoms with E-state index in [9.17, 15) is 21.0 Å². The fraction of sp³-hybridized carbons (Fsp3) is 0.0108. The van der Waals surface area contributed by atoms with Crippen LogP contribution in [0.4, 0.5) is 34.1 Å². The summed E-state index contributed by atoms with van der Waals surface area (Å²) in [4.78, 5) is 12.9. The molecule has 2 aliphatic rings. The van der Waals surface area contributed by atoms with E-state index in [1.165, 1.54) is 44.5 Å². The molecule has 6 heterocycles. The zero-order valence-electron chi connectivity index (χ0n) is 56.0. The Labute approximate surface area is 624 Å². The predicted octanol–water partition coefficient (Wildman–Crippen LogP) is 25.7. The summed E-state index contributed by atoms with van der Waals surface area (Å²) >= 11 is 6.67. The van der Waals surface area contributed by atoms with Crippen LogP contribution < -0.4 is 9.80 Å². The average Bonchev–Trinajstić information content (AvgIpc) is 1.50. The van der Waals surface area contributed by atoms with E-state index in [0.29, 0.717) is 0 Å². The summed E-state index contributed by atoms with van der Waals surface area (Å²) in [5.74, 6) is 0. The first-order valence-electron chi connectivity index (χ1n) is 34.2. The molecule has 0 fully saturated rings. The molecule has 16 aromatic rings. The van der Waals surface area contributed by atoms with Crippen LogP contribution in [0.3, 0.4) is 0 Å². The van der Waals surface area contributed by atoms with Crippen LogP contribution in [0.5, 0.6) is 0 Å². The molecule has 0 bridgehead atoms. The molecule has 10 aromatic carbocycles. The van der Waals surface area contributed by atoms with Crippen LogP contribution in [0.2, 0.25) is 0 Å². The van der Waals surface area contributed by atoms with E-state index in [2.05, 4.69) is 322 Å². The molecule has 0 aliphatic heterocycles. The minimum Gasteiger partial charge on any atom is -0.310 e. The van der Waals surface area contributed by atoms with Crippen LogP contribution >= 0.6 is 45.3 Å². The van der Waals surface area contributed by atoms with Gasteiger partial charge in [0.2, 0.25) is 0 Å². The topological polar surface area (TPSA) is 112 Å². The Kier molecular flexibility index (Phi) is 16.3. The molecule has 492 valence electrons. The van der Waals surface area contributed by atoms with Crippen molar-refractivity contribution in [1.29, 1.82) is 21.0 Å². The van der Waals surface area contributed by atoms with Gasteiger partial charge in [0.1, 0.15) is 35.4 Å². The summed E-state index contributed by atoms with van der Waals surface area (Å²) in [5.41, 5.74) is 23.4. The van der Waals surface area contributed by atoms with E-state index < -0.39 is 5.41 Å². The molecular formula is C93H56N8S4. The maximum atomic E-state index is 9.65. The van der Waals surface area contributed by atoms with Gasteiger partial charge in [-0.1, -0.05) is 146 Å². The summed E-state index contributed by atoms with van der Waals surface area (Å²) in [6.45, 7) is 0. The third-order valence-corrected chi connectivity index (χ3v) is 24.1. The molecule has 0 unspecified atom stereocenters. The fourth-order valence-corrected chi connectivity index (χ4v) is 19.2. The summed E-state index contributed by atoms with van der Waals surface area (Å²) in [5, 5.41) is 38.6. The molecule has 0 amide bonds. The number of nitriles is 4. The van der Waals surface area contributed by atoms with E-state index in [4.69, 9.17) is 0 Å². The Morgan fingerprint density at radius 1 is 0.276 bits per heavy atom. The van der Waals surface area contributed by atoms with Gasteiger partial charge in [0.05, 0.1) is 47.7 Å². The van der Waals surface area contributed by atoms with Gasteiger partial charge in [-0.05, 0) is 250 Å². The first-order valence-corrected chi connectivity index (χ1v) is 37.5. The number of rotatable bonds is 16. The van der Waals surface area contributed by atoms with Gasteiger partial charge in [0, 0.05) is 65.0 Å². The fourth-order valence-electron chi connectivity index (χ4n) is 15.2. The highest BCUT2D eigenvalue weighted by molar-refractivity contribution is 7.19. The second kappa shape index (κ2) is 26.8. The lowest BCUT2D eigenvalue weighted by Crippen LogP contribution is -2.27. The number of nitrogens with zero attached hydrogens (tertiary/aromatic N) is 8. The van der Waals surface area contributed by atoms with Gasteiger partial charge >= 0.3 is 0 Å². The second-order valence-corrected chi connectivity index (χ2v) is 30.0. The lowest BCUT2D eigenvalue weighted by molar-refractivity contribution is 0.794. The first kappa shape index (κ1) is 63.8. The maximum absolute atomic E-state index is 9.65. The van der Waals surface area contributed by atoms with Crippen LogP contribution in [-0.4, -0.2) is 9.13 Å². The van der Waals surface area contributed by atoms with Crippen LogP contribution in [0.1, 0.15) is 32.0 Å². The summed E-state index contributed by atoms with van der Waals surface area (Å²) < 4.78 is 4.64. The van der Waals surface area contributed by atoms with E-state index in [1.807, 2.05) is 48.5 Å². The number of fused-ring (bicyclic) bond motifs is 10. The third-order valence-electron chi connectivity index (χ3n) is 19.7. The maximum Gasteiger partial charge on any atom is 0.131 e. The minimum atomic E-state index is -0.883. The monoisotopic (exact) mass is 1410 g/mol. The zero-order chi connectivity index (χ0) is 70.5. The number of allylic oxidation sites excluding steroid dienone is 2. The van der Waals surface area contributed by atoms with Crippen molar-refractivity contribution in [2.75, 3.05) is 9.80 Å². The van der Waals surface area contributed by atoms with Gasteiger partial charge in [-0.25, -0.2) is 0 Å². The zero-order valence-corrected chi connectivity index (χ0v) is 59.3. The Bertz CT molecular complexity index is 5790. The van der Waals surface area contributed by atoms with E-state index in [1.54, 1.807) is 57.5 Å². The van der Waals surface area contributed by atoms with Crippen molar-refractivity contribution >= 4 is 91.6 Å². The molecule has 8 nitrogen and oxygen atoms in total. The second-order valence-electron chi connectivity index (χ2n) is 25.6. The van der Waals surface area contributed by atoms with Gasteiger partial charge in [-0.15, -0.1) is 45.3 Å². The van der Waals surface area contributed by atoms with Gasteiger partial charge in [-0.3, -0.25) is 0 Å². The normalized spacial score (nSPS) is 11.8. The number of para-hydroxylation sites is 6. The van der Waals surface area contributed by atoms with E-state index in [-0.39, 0.29) is 11.1 Å². The molecule has 2 aliphatic carbocycles. The quantitative estimate of drug-likeness (QED) is 0.0891. The number of anilines is 6. The molecule has 0 N–H and O–H groups in total. The number of aromatic nitrogens is 2. The molecule has 0 saturated heterocycles. The summed E-state index contributed by atoms with van der Waals surface area (Å²) in [6.07, 6.45) is 3.31. The molecule has 105 heavy (non-hydrogen) atoms. The van der Waals surface area contributed by atoms with Crippen LogP contribution in [0, 0.1) is 45.3 Å². The van der Waals surface area contributed by atoms with Crippen molar-refractivity contribution in [2.24, 2.45) is 0 Å².